The molecule has 0 atom stereocenters. The highest BCUT2D eigenvalue weighted by Gasteiger charge is 2.01. The molecule has 0 bridgehead atoms. The highest BCUT2D eigenvalue weighted by Crippen LogP contribution is 1.95. The Balaban J connectivity index is 3.69. The highest BCUT2D eigenvalue weighted by molar-refractivity contribution is 5.81. The maximum absolute atomic E-state index is 10.9. The molecule has 0 saturated heterocycles. The standard InChI is InChI=1S/C15H25NO2/c1-4-7-8-9-10-11-12-16(6-3)13-14-18-15(17)5-2/h4-5,7,10-11H,2,6,8-9,12-14H2,1,3H3. The Hall–Kier alpha value is -1.35. The van der Waals surface area contributed by atoms with Crippen molar-refractivity contribution in [1.29, 1.82) is 0 Å². The van der Waals surface area contributed by atoms with Crippen LogP contribution in [0, 0.1) is 0 Å². The van der Waals surface area contributed by atoms with E-state index in [1.165, 1.54) is 6.08 Å². The van der Waals surface area contributed by atoms with Gasteiger partial charge in [-0.1, -0.05) is 37.8 Å². The smallest absolute Gasteiger partial charge is 0.330 e. The molecular weight excluding hydrogens is 226 g/mol. The van der Waals surface area contributed by atoms with Crippen molar-refractivity contribution < 1.29 is 9.53 Å². The normalized spacial score (nSPS) is 11.5. The van der Waals surface area contributed by atoms with E-state index >= 15 is 0 Å². The topological polar surface area (TPSA) is 29.5 Å². The Morgan fingerprint density at radius 1 is 1.28 bits per heavy atom. The van der Waals surface area contributed by atoms with E-state index in [1.807, 2.05) is 6.92 Å². The number of esters is 1. The fourth-order valence-electron chi connectivity index (χ4n) is 1.41. The van der Waals surface area contributed by atoms with Crippen LogP contribution < -0.4 is 0 Å². The first kappa shape index (κ1) is 16.6. The van der Waals surface area contributed by atoms with Crippen LogP contribution in [0.4, 0.5) is 0 Å². The maximum atomic E-state index is 10.9. The molecule has 0 heterocycles. The van der Waals surface area contributed by atoms with Gasteiger partial charge in [-0.25, -0.2) is 4.79 Å². The summed E-state index contributed by atoms with van der Waals surface area (Å²) >= 11 is 0. The molecule has 0 aliphatic carbocycles. The van der Waals surface area contributed by atoms with E-state index in [-0.39, 0.29) is 5.97 Å². The number of unbranched alkanes of at least 4 members (excludes halogenated alkanes) is 1. The van der Waals surface area contributed by atoms with Crippen LogP contribution in [0.2, 0.25) is 0 Å². The quantitative estimate of drug-likeness (QED) is 0.259. The number of likely N-dealkylation sites (N-methyl/N-ethyl adjacent to an activating group) is 1. The molecule has 0 amide bonds. The third kappa shape index (κ3) is 9.85. The molecule has 3 nitrogen and oxygen atoms in total. The van der Waals surface area contributed by atoms with Crippen LogP contribution in [0.5, 0.6) is 0 Å². The molecule has 0 unspecified atom stereocenters. The van der Waals surface area contributed by atoms with Gasteiger partial charge in [-0.15, -0.1) is 0 Å². The number of hydrogen-bond acceptors (Lipinski definition) is 3. The predicted molar refractivity (Wildman–Crippen MR) is 76.5 cm³/mol. The molecule has 3 heteroatoms. The number of carbonyl (C=O) groups excluding carboxylic acids is 1. The number of hydrogen-bond donors (Lipinski definition) is 0. The molecule has 0 fully saturated rings. The van der Waals surface area contributed by atoms with Gasteiger partial charge >= 0.3 is 5.97 Å². The van der Waals surface area contributed by atoms with Crippen molar-refractivity contribution >= 4 is 5.97 Å². The first-order valence-corrected chi connectivity index (χ1v) is 6.52. The summed E-state index contributed by atoms with van der Waals surface area (Å²) in [4.78, 5) is 13.1. The lowest BCUT2D eigenvalue weighted by atomic mass is 10.2. The summed E-state index contributed by atoms with van der Waals surface area (Å²) < 4.78 is 4.95. The number of carbonyl (C=O) groups is 1. The molecule has 0 aromatic carbocycles. The zero-order valence-electron chi connectivity index (χ0n) is 11.6. The fourth-order valence-corrected chi connectivity index (χ4v) is 1.41. The monoisotopic (exact) mass is 251 g/mol. The van der Waals surface area contributed by atoms with Gasteiger partial charge in [0.15, 0.2) is 0 Å². The van der Waals surface area contributed by atoms with Crippen LogP contribution in [0.1, 0.15) is 26.7 Å². The Bertz CT molecular complexity index is 282. The average Bonchev–Trinajstić information content (AvgIpc) is 2.40. The van der Waals surface area contributed by atoms with Gasteiger partial charge in [-0.3, -0.25) is 4.90 Å². The third-order valence-corrected chi connectivity index (χ3v) is 2.53. The van der Waals surface area contributed by atoms with E-state index in [0.29, 0.717) is 6.61 Å². The van der Waals surface area contributed by atoms with Crippen molar-refractivity contribution in [3.8, 4) is 0 Å². The Morgan fingerprint density at radius 3 is 2.61 bits per heavy atom. The SMILES string of the molecule is C=CC(=O)OCCN(CC)CC=CCCC=CC. The molecule has 102 valence electrons. The summed E-state index contributed by atoms with van der Waals surface area (Å²) in [6.07, 6.45) is 12.0. The molecule has 0 radical (unpaired) electrons. The second-order valence-electron chi connectivity index (χ2n) is 3.88. The number of ether oxygens (including phenoxy) is 1. The lowest BCUT2D eigenvalue weighted by Crippen LogP contribution is -2.28. The largest absolute Gasteiger partial charge is 0.461 e. The molecule has 0 aromatic heterocycles. The summed E-state index contributed by atoms with van der Waals surface area (Å²) in [6.45, 7) is 10.5. The molecule has 0 N–H and O–H groups in total. The van der Waals surface area contributed by atoms with Gasteiger partial charge in [0, 0.05) is 19.2 Å². The molecule has 0 rings (SSSR count). The van der Waals surface area contributed by atoms with Crippen LogP contribution in [-0.2, 0) is 9.53 Å². The van der Waals surface area contributed by atoms with E-state index < -0.39 is 0 Å². The van der Waals surface area contributed by atoms with E-state index in [0.717, 1.165) is 32.5 Å². The molecule has 18 heavy (non-hydrogen) atoms. The zero-order chi connectivity index (χ0) is 13.6. The number of rotatable bonds is 10. The van der Waals surface area contributed by atoms with Gasteiger partial charge in [0.2, 0.25) is 0 Å². The van der Waals surface area contributed by atoms with E-state index in [2.05, 4.69) is 42.7 Å². The van der Waals surface area contributed by atoms with Crippen LogP contribution in [0.3, 0.4) is 0 Å². The van der Waals surface area contributed by atoms with Gasteiger partial charge in [0.1, 0.15) is 6.61 Å². The summed E-state index contributed by atoms with van der Waals surface area (Å²) in [5.74, 6) is -0.354. The Morgan fingerprint density at radius 2 is 2.00 bits per heavy atom. The van der Waals surface area contributed by atoms with E-state index in [1.54, 1.807) is 0 Å². The van der Waals surface area contributed by atoms with Gasteiger partial charge in [0.25, 0.3) is 0 Å². The van der Waals surface area contributed by atoms with Crippen LogP contribution in [0.25, 0.3) is 0 Å². The van der Waals surface area contributed by atoms with E-state index in [9.17, 15) is 4.79 Å². The maximum Gasteiger partial charge on any atom is 0.330 e. The lowest BCUT2D eigenvalue weighted by molar-refractivity contribution is -0.138. The minimum atomic E-state index is -0.354. The summed E-state index contributed by atoms with van der Waals surface area (Å²) in [7, 11) is 0. The molecule has 0 aliphatic heterocycles. The second kappa shape index (κ2) is 12.1. The third-order valence-electron chi connectivity index (χ3n) is 2.53. The Labute approximate surface area is 111 Å². The van der Waals surface area contributed by atoms with Gasteiger partial charge in [0.05, 0.1) is 0 Å². The van der Waals surface area contributed by atoms with Crippen molar-refractivity contribution in [1.82, 2.24) is 4.90 Å². The highest BCUT2D eigenvalue weighted by atomic mass is 16.5. The molecular formula is C15H25NO2. The van der Waals surface area contributed by atoms with Crippen molar-refractivity contribution in [3.05, 3.63) is 37.0 Å². The summed E-state index contributed by atoms with van der Waals surface area (Å²) in [5.41, 5.74) is 0. The lowest BCUT2D eigenvalue weighted by Gasteiger charge is -2.17. The average molecular weight is 251 g/mol. The Kier molecular flexibility index (Phi) is 11.2. The van der Waals surface area contributed by atoms with Gasteiger partial charge in [-0.05, 0) is 26.3 Å². The minimum absolute atomic E-state index is 0.354. The first-order valence-electron chi connectivity index (χ1n) is 6.52. The van der Waals surface area contributed by atoms with Crippen LogP contribution in [-0.4, -0.2) is 37.1 Å². The number of allylic oxidation sites excluding steroid dienone is 3. The van der Waals surface area contributed by atoms with Crippen LogP contribution >= 0.6 is 0 Å². The summed E-state index contributed by atoms with van der Waals surface area (Å²) in [6, 6.07) is 0. The van der Waals surface area contributed by atoms with Crippen molar-refractivity contribution in [2.45, 2.75) is 26.7 Å². The van der Waals surface area contributed by atoms with Crippen molar-refractivity contribution in [3.63, 3.8) is 0 Å². The predicted octanol–water partition coefficient (Wildman–Crippen LogP) is 2.95. The fraction of sp³-hybridized carbons (Fsp3) is 0.533. The molecule has 0 aliphatic rings. The van der Waals surface area contributed by atoms with E-state index in [4.69, 9.17) is 4.74 Å². The molecule has 0 saturated carbocycles. The molecule has 0 spiro atoms. The minimum Gasteiger partial charge on any atom is -0.461 e. The molecule has 0 aromatic rings. The van der Waals surface area contributed by atoms with Crippen molar-refractivity contribution in [2.75, 3.05) is 26.2 Å². The zero-order valence-corrected chi connectivity index (χ0v) is 11.6. The number of nitrogens with zero attached hydrogens (tertiary/aromatic N) is 1. The second-order valence-corrected chi connectivity index (χ2v) is 3.88. The van der Waals surface area contributed by atoms with Crippen molar-refractivity contribution in [2.24, 2.45) is 0 Å². The first-order chi connectivity index (χ1) is 8.74. The summed E-state index contributed by atoms with van der Waals surface area (Å²) in [5, 5.41) is 0. The van der Waals surface area contributed by atoms with Gasteiger partial charge in [-0.2, -0.15) is 0 Å². The van der Waals surface area contributed by atoms with Gasteiger partial charge < -0.3 is 4.74 Å². The van der Waals surface area contributed by atoms with Crippen LogP contribution in [0.15, 0.2) is 37.0 Å².